The standard InChI is InChI=1S/C23H23FN4O7/c24-16-12-15(28(29)30)2-3-18(16)35-23-20-17(25-14-26-23)13-19(21-22(20)34-11-10-33-21)32-7-1-4-27-5-8-31-9-6-27/h2-3,12-14H,1,4-11H2. The molecule has 5 rings (SSSR count). The second-order valence-electron chi connectivity index (χ2n) is 7.93. The summed E-state index contributed by atoms with van der Waals surface area (Å²) in [5.74, 6) is 0.152. The van der Waals surface area contributed by atoms with Crippen molar-refractivity contribution in [3.63, 3.8) is 0 Å². The number of nitro groups is 1. The number of ether oxygens (including phenoxy) is 5. The summed E-state index contributed by atoms with van der Waals surface area (Å²) in [5, 5.41) is 11.3. The van der Waals surface area contributed by atoms with Gasteiger partial charge in [0.2, 0.25) is 11.6 Å². The lowest BCUT2D eigenvalue weighted by Gasteiger charge is -2.26. The molecule has 0 amide bonds. The quantitative estimate of drug-likeness (QED) is 0.266. The smallest absolute Gasteiger partial charge is 0.272 e. The Morgan fingerprint density at radius 2 is 1.86 bits per heavy atom. The summed E-state index contributed by atoms with van der Waals surface area (Å²) in [6, 6.07) is 4.83. The first kappa shape index (κ1) is 23.0. The third kappa shape index (κ3) is 5.03. The van der Waals surface area contributed by atoms with Crippen LogP contribution < -0.4 is 18.9 Å². The molecule has 2 aromatic carbocycles. The number of halogens is 1. The Bertz CT molecular complexity index is 1240. The minimum Gasteiger partial charge on any atom is -0.489 e. The third-order valence-electron chi connectivity index (χ3n) is 5.66. The second-order valence-corrected chi connectivity index (χ2v) is 7.93. The van der Waals surface area contributed by atoms with Crippen molar-refractivity contribution in [2.75, 3.05) is 52.7 Å². The van der Waals surface area contributed by atoms with Crippen molar-refractivity contribution in [3.05, 3.63) is 46.5 Å². The first-order valence-corrected chi connectivity index (χ1v) is 11.2. The van der Waals surface area contributed by atoms with Gasteiger partial charge in [-0.3, -0.25) is 15.0 Å². The van der Waals surface area contributed by atoms with Gasteiger partial charge in [-0.25, -0.2) is 14.4 Å². The number of rotatable bonds is 8. The summed E-state index contributed by atoms with van der Waals surface area (Å²) < 4.78 is 43.2. The van der Waals surface area contributed by atoms with Crippen molar-refractivity contribution < 1.29 is 33.0 Å². The van der Waals surface area contributed by atoms with Crippen molar-refractivity contribution in [2.45, 2.75) is 6.42 Å². The van der Waals surface area contributed by atoms with Crippen LogP contribution >= 0.6 is 0 Å². The lowest BCUT2D eigenvalue weighted by atomic mass is 10.1. The molecule has 3 aromatic rings. The van der Waals surface area contributed by atoms with E-state index in [9.17, 15) is 14.5 Å². The molecular formula is C23H23FN4O7. The Hall–Kier alpha value is -3.77. The molecule has 1 aromatic heterocycles. The van der Waals surface area contributed by atoms with E-state index in [4.69, 9.17) is 23.7 Å². The van der Waals surface area contributed by atoms with Crippen molar-refractivity contribution in [1.29, 1.82) is 0 Å². The lowest BCUT2D eigenvalue weighted by molar-refractivity contribution is -0.385. The van der Waals surface area contributed by atoms with E-state index in [1.165, 1.54) is 12.4 Å². The molecule has 0 radical (unpaired) electrons. The van der Waals surface area contributed by atoms with E-state index in [0.717, 1.165) is 51.4 Å². The fraction of sp³-hybridized carbons (Fsp3) is 0.391. The van der Waals surface area contributed by atoms with E-state index in [1.54, 1.807) is 6.07 Å². The molecule has 1 saturated heterocycles. The van der Waals surface area contributed by atoms with Crippen LogP contribution in [0.2, 0.25) is 0 Å². The molecule has 12 heteroatoms. The molecule has 35 heavy (non-hydrogen) atoms. The van der Waals surface area contributed by atoms with Gasteiger partial charge in [0.15, 0.2) is 23.1 Å². The average molecular weight is 486 g/mol. The zero-order chi connectivity index (χ0) is 24.2. The van der Waals surface area contributed by atoms with Gasteiger partial charge in [-0.15, -0.1) is 0 Å². The number of aromatic nitrogens is 2. The zero-order valence-electron chi connectivity index (χ0n) is 18.8. The van der Waals surface area contributed by atoms with Crippen LogP contribution in [0.3, 0.4) is 0 Å². The maximum absolute atomic E-state index is 14.4. The highest BCUT2D eigenvalue weighted by molar-refractivity contribution is 5.94. The number of hydrogen-bond acceptors (Lipinski definition) is 10. The summed E-state index contributed by atoms with van der Waals surface area (Å²) in [6.45, 7) is 5.33. The van der Waals surface area contributed by atoms with Gasteiger partial charge in [0.05, 0.1) is 36.3 Å². The minimum atomic E-state index is -0.891. The predicted molar refractivity (Wildman–Crippen MR) is 121 cm³/mol. The summed E-state index contributed by atoms with van der Waals surface area (Å²) >= 11 is 0. The molecule has 1 fully saturated rings. The molecule has 0 bridgehead atoms. The molecule has 184 valence electrons. The first-order valence-electron chi connectivity index (χ1n) is 11.2. The van der Waals surface area contributed by atoms with Crippen LogP contribution in [0, 0.1) is 15.9 Å². The van der Waals surface area contributed by atoms with Crippen LogP contribution in [0.15, 0.2) is 30.6 Å². The molecule has 2 aliphatic heterocycles. The highest BCUT2D eigenvalue weighted by Crippen LogP contribution is 2.48. The van der Waals surface area contributed by atoms with Gasteiger partial charge in [0.1, 0.15) is 24.9 Å². The highest BCUT2D eigenvalue weighted by Gasteiger charge is 2.26. The molecule has 3 heterocycles. The van der Waals surface area contributed by atoms with Gasteiger partial charge in [0, 0.05) is 31.8 Å². The Morgan fingerprint density at radius 1 is 1.06 bits per heavy atom. The SMILES string of the molecule is O=[N+]([O-])c1ccc(Oc2ncnc3cc(OCCCN4CCOCC4)c4c(c23)OCCO4)c(F)c1. The monoisotopic (exact) mass is 486 g/mol. The Labute approximate surface area is 199 Å². The molecule has 2 aliphatic rings. The fourth-order valence-corrected chi connectivity index (χ4v) is 3.95. The second kappa shape index (κ2) is 10.2. The van der Waals surface area contributed by atoms with Crippen molar-refractivity contribution in [3.8, 4) is 28.9 Å². The molecule has 0 aliphatic carbocycles. The van der Waals surface area contributed by atoms with E-state index in [-0.39, 0.29) is 17.3 Å². The third-order valence-corrected chi connectivity index (χ3v) is 5.66. The van der Waals surface area contributed by atoms with E-state index in [2.05, 4.69) is 14.9 Å². The number of fused-ring (bicyclic) bond motifs is 3. The Balaban J connectivity index is 1.40. The molecule has 0 saturated carbocycles. The summed E-state index contributed by atoms with van der Waals surface area (Å²) in [6.07, 6.45) is 2.10. The number of non-ortho nitro benzene ring substituents is 1. The number of nitrogens with zero attached hydrogens (tertiary/aromatic N) is 4. The van der Waals surface area contributed by atoms with E-state index in [0.29, 0.717) is 48.0 Å². The maximum atomic E-state index is 14.4. The topological polar surface area (TPSA) is 118 Å². The number of benzene rings is 2. The average Bonchev–Trinajstić information content (AvgIpc) is 2.88. The van der Waals surface area contributed by atoms with Crippen LogP contribution in [-0.2, 0) is 4.74 Å². The maximum Gasteiger partial charge on any atom is 0.272 e. The number of hydrogen-bond donors (Lipinski definition) is 0. The van der Waals surface area contributed by atoms with Crippen molar-refractivity contribution >= 4 is 16.6 Å². The molecule has 0 unspecified atom stereocenters. The van der Waals surface area contributed by atoms with Crippen LogP contribution in [-0.4, -0.2) is 72.5 Å². The molecule has 0 spiro atoms. The molecule has 0 N–H and O–H groups in total. The predicted octanol–water partition coefficient (Wildman–Crippen LogP) is 3.34. The van der Waals surface area contributed by atoms with Gasteiger partial charge in [-0.05, 0) is 12.5 Å². The largest absolute Gasteiger partial charge is 0.489 e. The summed E-state index contributed by atoms with van der Waals surface area (Å²) in [7, 11) is 0. The zero-order valence-corrected chi connectivity index (χ0v) is 18.8. The molecular weight excluding hydrogens is 463 g/mol. The first-order chi connectivity index (χ1) is 17.1. The van der Waals surface area contributed by atoms with Crippen molar-refractivity contribution in [2.24, 2.45) is 0 Å². The van der Waals surface area contributed by atoms with Crippen molar-refractivity contribution in [1.82, 2.24) is 14.9 Å². The van der Waals surface area contributed by atoms with Crippen LogP contribution in [0.25, 0.3) is 10.9 Å². The van der Waals surface area contributed by atoms with Crippen LogP contribution in [0.1, 0.15) is 6.42 Å². The van der Waals surface area contributed by atoms with Gasteiger partial charge in [-0.1, -0.05) is 0 Å². The van der Waals surface area contributed by atoms with E-state index in [1.807, 2.05) is 0 Å². The summed E-state index contributed by atoms with van der Waals surface area (Å²) in [5.41, 5.74) is 0.0802. The number of nitro benzene ring substituents is 1. The van der Waals surface area contributed by atoms with Gasteiger partial charge >= 0.3 is 0 Å². The normalized spacial score (nSPS) is 15.7. The lowest BCUT2D eigenvalue weighted by Crippen LogP contribution is -2.37. The number of morpholine rings is 1. The highest BCUT2D eigenvalue weighted by atomic mass is 19.1. The summed E-state index contributed by atoms with van der Waals surface area (Å²) in [4.78, 5) is 21.0. The van der Waals surface area contributed by atoms with Gasteiger partial charge in [0.25, 0.3) is 5.69 Å². The van der Waals surface area contributed by atoms with Crippen LogP contribution in [0.4, 0.5) is 10.1 Å². The Morgan fingerprint density at radius 3 is 2.63 bits per heavy atom. The molecule has 11 nitrogen and oxygen atoms in total. The Kier molecular flexibility index (Phi) is 6.73. The van der Waals surface area contributed by atoms with E-state index >= 15 is 0 Å². The minimum absolute atomic E-state index is 0.0309. The van der Waals surface area contributed by atoms with Gasteiger partial charge < -0.3 is 23.7 Å². The van der Waals surface area contributed by atoms with E-state index < -0.39 is 10.7 Å². The van der Waals surface area contributed by atoms with Gasteiger partial charge in [-0.2, -0.15) is 0 Å². The van der Waals surface area contributed by atoms with Crippen LogP contribution in [0.5, 0.6) is 28.9 Å². The fourth-order valence-electron chi connectivity index (χ4n) is 3.95. The molecule has 0 atom stereocenters.